The van der Waals surface area contributed by atoms with Crippen LogP contribution in [-0.4, -0.2) is 30.1 Å². The summed E-state index contributed by atoms with van der Waals surface area (Å²) in [5.74, 6) is -0.357. The Morgan fingerprint density at radius 2 is 2.25 bits per heavy atom. The van der Waals surface area contributed by atoms with E-state index in [1.54, 1.807) is 6.07 Å². The van der Waals surface area contributed by atoms with E-state index in [0.29, 0.717) is 23.4 Å². The van der Waals surface area contributed by atoms with Crippen molar-refractivity contribution in [2.75, 3.05) is 7.11 Å². The van der Waals surface area contributed by atoms with Crippen LogP contribution in [0.15, 0.2) is 12.1 Å². The number of carbonyl (C=O) groups excluding carboxylic acids is 2. The highest BCUT2D eigenvalue weighted by Gasteiger charge is 2.26. The molecule has 1 atom stereocenters. The topological polar surface area (TPSA) is 87.7 Å². The lowest BCUT2D eigenvalue weighted by Crippen LogP contribution is -2.50. The fraction of sp³-hybridized carbons (Fsp3) is 0.385. The highest BCUT2D eigenvalue weighted by molar-refractivity contribution is 6.30. The van der Waals surface area contributed by atoms with E-state index in [1.165, 1.54) is 13.2 Å². The summed E-state index contributed by atoms with van der Waals surface area (Å²) < 4.78 is 5.01. The van der Waals surface area contributed by atoms with Crippen LogP contribution in [-0.2, 0) is 16.1 Å². The number of benzene rings is 1. The highest BCUT2D eigenvalue weighted by atomic mass is 35.5. The summed E-state index contributed by atoms with van der Waals surface area (Å²) in [6.45, 7) is 0.245. The zero-order valence-electron chi connectivity index (χ0n) is 10.9. The van der Waals surface area contributed by atoms with Crippen molar-refractivity contribution < 1.29 is 19.4 Å². The molecule has 1 aliphatic rings. The number of amides is 2. The third kappa shape index (κ3) is 3.20. The second-order valence-corrected chi connectivity index (χ2v) is 4.94. The molecule has 20 heavy (non-hydrogen) atoms. The smallest absolute Gasteiger partial charge is 0.243 e. The van der Waals surface area contributed by atoms with Crippen LogP contribution in [0.2, 0.25) is 5.02 Å². The minimum Gasteiger partial charge on any atom is -0.504 e. The molecule has 2 rings (SSSR count). The lowest BCUT2D eigenvalue weighted by atomic mass is 10.1. The van der Waals surface area contributed by atoms with Gasteiger partial charge in [-0.05, 0) is 12.5 Å². The number of methoxy groups -OCH3 is 1. The molecule has 108 valence electrons. The van der Waals surface area contributed by atoms with Gasteiger partial charge in [-0.15, -0.1) is 0 Å². The Kier molecular flexibility index (Phi) is 4.46. The van der Waals surface area contributed by atoms with E-state index in [2.05, 4.69) is 10.6 Å². The van der Waals surface area contributed by atoms with Crippen molar-refractivity contribution in [1.29, 1.82) is 0 Å². The van der Waals surface area contributed by atoms with Gasteiger partial charge in [-0.3, -0.25) is 14.9 Å². The molecule has 0 spiro atoms. The van der Waals surface area contributed by atoms with Gasteiger partial charge >= 0.3 is 0 Å². The Morgan fingerprint density at radius 1 is 1.50 bits per heavy atom. The molecular weight excluding hydrogens is 284 g/mol. The Morgan fingerprint density at radius 3 is 2.90 bits per heavy atom. The molecule has 1 fully saturated rings. The molecule has 0 aliphatic carbocycles. The van der Waals surface area contributed by atoms with Gasteiger partial charge in [0.25, 0.3) is 0 Å². The van der Waals surface area contributed by atoms with Crippen molar-refractivity contribution in [1.82, 2.24) is 10.6 Å². The standard InChI is InChI=1S/C13H15ClN2O4/c1-20-10-5-8(14)4-7(12(10)18)6-15-9-2-3-11(17)16-13(9)19/h4-5,9,15,18H,2-3,6H2,1H3,(H,16,17,19). The number of imide groups is 1. The lowest BCUT2D eigenvalue weighted by Gasteiger charge is -2.22. The summed E-state index contributed by atoms with van der Waals surface area (Å²) in [5, 5.41) is 15.7. The number of hydrogen-bond donors (Lipinski definition) is 3. The normalized spacial score (nSPS) is 18.8. The number of piperidine rings is 1. The number of aromatic hydroxyl groups is 1. The van der Waals surface area contributed by atoms with Crippen LogP contribution in [0.5, 0.6) is 11.5 Å². The Hall–Kier alpha value is -1.79. The Labute approximate surface area is 121 Å². The Bertz CT molecular complexity index is 547. The number of phenols is 1. The van der Waals surface area contributed by atoms with E-state index < -0.39 is 6.04 Å². The van der Waals surface area contributed by atoms with E-state index in [0.717, 1.165) is 0 Å². The predicted octanol–water partition coefficient (Wildman–Crippen LogP) is 0.949. The molecule has 1 heterocycles. The molecule has 1 aromatic carbocycles. The van der Waals surface area contributed by atoms with Crippen molar-refractivity contribution in [3.05, 3.63) is 22.7 Å². The van der Waals surface area contributed by atoms with Gasteiger partial charge in [0.2, 0.25) is 11.8 Å². The van der Waals surface area contributed by atoms with Gasteiger partial charge in [0.1, 0.15) is 0 Å². The molecule has 1 aliphatic heterocycles. The molecule has 0 aromatic heterocycles. The monoisotopic (exact) mass is 298 g/mol. The molecule has 1 aromatic rings. The fourth-order valence-electron chi connectivity index (χ4n) is 2.04. The molecule has 7 heteroatoms. The molecule has 1 saturated heterocycles. The average molecular weight is 299 g/mol. The summed E-state index contributed by atoms with van der Waals surface area (Å²) in [4.78, 5) is 22.6. The first-order chi connectivity index (χ1) is 9.51. The number of hydrogen-bond acceptors (Lipinski definition) is 5. The molecule has 0 bridgehead atoms. The summed E-state index contributed by atoms with van der Waals surface area (Å²) >= 11 is 5.93. The van der Waals surface area contributed by atoms with Crippen molar-refractivity contribution in [3.8, 4) is 11.5 Å². The molecule has 3 N–H and O–H groups in total. The number of phenolic OH excluding ortho intramolecular Hbond substituents is 1. The molecule has 0 radical (unpaired) electrons. The van der Waals surface area contributed by atoms with Gasteiger partial charge < -0.3 is 15.2 Å². The van der Waals surface area contributed by atoms with Crippen LogP contribution >= 0.6 is 11.6 Å². The minimum absolute atomic E-state index is 0.0170. The van der Waals surface area contributed by atoms with Crippen molar-refractivity contribution in [3.63, 3.8) is 0 Å². The van der Waals surface area contributed by atoms with Crippen LogP contribution in [0.4, 0.5) is 0 Å². The van der Waals surface area contributed by atoms with Gasteiger partial charge in [0.15, 0.2) is 11.5 Å². The van der Waals surface area contributed by atoms with E-state index in [-0.39, 0.29) is 29.9 Å². The van der Waals surface area contributed by atoms with E-state index in [9.17, 15) is 14.7 Å². The second kappa shape index (κ2) is 6.11. The third-order valence-corrected chi connectivity index (χ3v) is 3.33. The first-order valence-electron chi connectivity index (χ1n) is 6.13. The van der Waals surface area contributed by atoms with E-state index in [4.69, 9.17) is 16.3 Å². The second-order valence-electron chi connectivity index (χ2n) is 4.50. The molecule has 6 nitrogen and oxygen atoms in total. The third-order valence-electron chi connectivity index (χ3n) is 3.12. The maximum Gasteiger partial charge on any atom is 0.243 e. The summed E-state index contributed by atoms with van der Waals surface area (Å²) in [6.07, 6.45) is 0.734. The molecule has 2 amide bonds. The molecule has 0 saturated carbocycles. The van der Waals surface area contributed by atoms with Crippen LogP contribution in [0, 0.1) is 0 Å². The molecule has 1 unspecified atom stereocenters. The first-order valence-corrected chi connectivity index (χ1v) is 6.51. The number of rotatable bonds is 4. The molecular formula is C13H15ClN2O4. The minimum atomic E-state index is -0.461. The maximum absolute atomic E-state index is 11.6. The van der Waals surface area contributed by atoms with Crippen LogP contribution < -0.4 is 15.4 Å². The number of halogens is 1. The zero-order valence-corrected chi connectivity index (χ0v) is 11.7. The van der Waals surface area contributed by atoms with Crippen molar-refractivity contribution >= 4 is 23.4 Å². The average Bonchev–Trinajstić information content (AvgIpc) is 2.41. The lowest BCUT2D eigenvalue weighted by molar-refractivity contribution is -0.134. The largest absolute Gasteiger partial charge is 0.504 e. The van der Waals surface area contributed by atoms with Crippen LogP contribution in [0.3, 0.4) is 0 Å². The van der Waals surface area contributed by atoms with Crippen molar-refractivity contribution in [2.24, 2.45) is 0 Å². The fourth-order valence-corrected chi connectivity index (χ4v) is 2.27. The van der Waals surface area contributed by atoms with Gasteiger partial charge in [-0.1, -0.05) is 11.6 Å². The summed E-state index contributed by atoms with van der Waals surface area (Å²) in [5.41, 5.74) is 0.527. The zero-order chi connectivity index (χ0) is 14.7. The van der Waals surface area contributed by atoms with Gasteiger partial charge in [0, 0.05) is 29.6 Å². The number of ether oxygens (including phenoxy) is 1. The van der Waals surface area contributed by atoms with E-state index >= 15 is 0 Å². The van der Waals surface area contributed by atoms with Gasteiger partial charge in [-0.25, -0.2) is 0 Å². The van der Waals surface area contributed by atoms with Gasteiger partial charge in [-0.2, -0.15) is 0 Å². The number of carbonyl (C=O) groups is 2. The Balaban J connectivity index is 2.06. The predicted molar refractivity (Wildman–Crippen MR) is 72.7 cm³/mol. The summed E-state index contributed by atoms with van der Waals surface area (Å²) in [6, 6.07) is 2.64. The van der Waals surface area contributed by atoms with Gasteiger partial charge in [0.05, 0.1) is 13.2 Å². The SMILES string of the molecule is COc1cc(Cl)cc(CNC2CCC(=O)NC2=O)c1O. The maximum atomic E-state index is 11.6. The highest BCUT2D eigenvalue weighted by Crippen LogP contribution is 2.33. The van der Waals surface area contributed by atoms with E-state index in [1.807, 2.05) is 0 Å². The number of nitrogens with one attached hydrogen (secondary N) is 2. The van der Waals surface area contributed by atoms with Crippen LogP contribution in [0.25, 0.3) is 0 Å². The van der Waals surface area contributed by atoms with Crippen molar-refractivity contribution in [2.45, 2.75) is 25.4 Å². The first kappa shape index (κ1) is 14.6. The van der Waals surface area contributed by atoms with Crippen LogP contribution in [0.1, 0.15) is 18.4 Å². The quantitative estimate of drug-likeness (QED) is 0.720. The summed E-state index contributed by atoms with van der Waals surface area (Å²) in [7, 11) is 1.43.